The summed E-state index contributed by atoms with van der Waals surface area (Å²) in [5.74, 6) is 1.23. The Hall–Kier alpha value is -3.22. The Morgan fingerprint density at radius 2 is 1.90 bits per heavy atom. The first kappa shape index (κ1) is 20.5. The van der Waals surface area contributed by atoms with E-state index in [4.69, 9.17) is 18.9 Å². The summed E-state index contributed by atoms with van der Waals surface area (Å²) in [5, 5.41) is 2.75. The summed E-state index contributed by atoms with van der Waals surface area (Å²) in [6, 6.07) is 11.3. The molecule has 7 heteroatoms. The Labute approximate surface area is 169 Å². The average molecular weight is 399 g/mol. The number of esters is 1. The molecule has 0 bridgehead atoms. The molecule has 0 spiro atoms. The standard InChI is InChI=1S/C22H25NO6/c1-14-4-5-15(2)19(10-14)26-9-8-21(24)29-16(3)22(25)23-12-17-6-7-18-20(11-17)28-13-27-18/h4-7,10-11,16H,8-9,12-13H2,1-3H3,(H,23,25)/t16-/m1/s1. The minimum Gasteiger partial charge on any atom is -0.493 e. The largest absolute Gasteiger partial charge is 0.493 e. The van der Waals surface area contributed by atoms with E-state index in [0.717, 1.165) is 22.4 Å². The van der Waals surface area contributed by atoms with Crippen molar-refractivity contribution in [2.24, 2.45) is 0 Å². The third-order valence-corrected chi connectivity index (χ3v) is 4.49. The number of nitrogens with one attached hydrogen (secondary N) is 1. The van der Waals surface area contributed by atoms with Crippen LogP contribution in [0.25, 0.3) is 0 Å². The fourth-order valence-corrected chi connectivity index (χ4v) is 2.80. The second kappa shape index (κ2) is 9.32. The highest BCUT2D eigenvalue weighted by Crippen LogP contribution is 2.32. The van der Waals surface area contributed by atoms with Crippen LogP contribution in [0.1, 0.15) is 30.0 Å². The van der Waals surface area contributed by atoms with E-state index < -0.39 is 12.1 Å². The lowest BCUT2D eigenvalue weighted by atomic mass is 10.1. The van der Waals surface area contributed by atoms with Gasteiger partial charge in [0.25, 0.3) is 5.91 Å². The van der Waals surface area contributed by atoms with Gasteiger partial charge in [0.15, 0.2) is 17.6 Å². The minimum atomic E-state index is -0.891. The monoisotopic (exact) mass is 399 g/mol. The average Bonchev–Trinajstić information content (AvgIpc) is 3.16. The Morgan fingerprint density at radius 3 is 2.72 bits per heavy atom. The zero-order valence-corrected chi connectivity index (χ0v) is 16.8. The molecule has 1 aliphatic heterocycles. The molecule has 29 heavy (non-hydrogen) atoms. The maximum absolute atomic E-state index is 12.2. The molecule has 0 saturated heterocycles. The lowest BCUT2D eigenvalue weighted by Crippen LogP contribution is -2.35. The van der Waals surface area contributed by atoms with Crippen molar-refractivity contribution < 1.29 is 28.5 Å². The molecule has 7 nitrogen and oxygen atoms in total. The molecule has 1 amide bonds. The molecular formula is C22H25NO6. The molecule has 1 heterocycles. The number of hydrogen-bond acceptors (Lipinski definition) is 6. The van der Waals surface area contributed by atoms with Crippen LogP contribution < -0.4 is 19.5 Å². The van der Waals surface area contributed by atoms with Crippen LogP contribution in [-0.4, -0.2) is 31.4 Å². The van der Waals surface area contributed by atoms with Gasteiger partial charge in [-0.15, -0.1) is 0 Å². The molecule has 0 radical (unpaired) electrons. The van der Waals surface area contributed by atoms with E-state index in [2.05, 4.69) is 5.32 Å². The minimum absolute atomic E-state index is 0.0627. The van der Waals surface area contributed by atoms with Crippen LogP contribution in [0.3, 0.4) is 0 Å². The summed E-state index contributed by atoms with van der Waals surface area (Å²) >= 11 is 0. The highest BCUT2D eigenvalue weighted by Gasteiger charge is 2.18. The van der Waals surface area contributed by atoms with E-state index in [9.17, 15) is 9.59 Å². The number of carbonyl (C=O) groups excluding carboxylic acids is 2. The summed E-state index contributed by atoms with van der Waals surface area (Å²) < 4.78 is 21.4. The first-order valence-electron chi connectivity index (χ1n) is 9.48. The van der Waals surface area contributed by atoms with Crippen LogP contribution >= 0.6 is 0 Å². The molecule has 0 unspecified atom stereocenters. The maximum Gasteiger partial charge on any atom is 0.310 e. The first-order valence-corrected chi connectivity index (χ1v) is 9.48. The van der Waals surface area contributed by atoms with Crippen molar-refractivity contribution >= 4 is 11.9 Å². The van der Waals surface area contributed by atoms with Gasteiger partial charge >= 0.3 is 5.97 Å². The quantitative estimate of drug-likeness (QED) is 0.687. The van der Waals surface area contributed by atoms with Gasteiger partial charge in [0.2, 0.25) is 6.79 Å². The lowest BCUT2D eigenvalue weighted by Gasteiger charge is -2.14. The number of rotatable bonds is 8. The number of amides is 1. The third kappa shape index (κ3) is 5.63. The molecule has 154 valence electrons. The van der Waals surface area contributed by atoms with Crippen molar-refractivity contribution in [1.29, 1.82) is 0 Å². The zero-order chi connectivity index (χ0) is 20.8. The lowest BCUT2D eigenvalue weighted by molar-refractivity contribution is -0.155. The van der Waals surface area contributed by atoms with Gasteiger partial charge in [-0.25, -0.2) is 0 Å². The fraction of sp³-hybridized carbons (Fsp3) is 0.364. The van der Waals surface area contributed by atoms with Crippen molar-refractivity contribution in [2.45, 2.75) is 39.8 Å². The number of hydrogen-bond donors (Lipinski definition) is 1. The highest BCUT2D eigenvalue weighted by molar-refractivity contribution is 5.83. The maximum atomic E-state index is 12.2. The van der Waals surface area contributed by atoms with Crippen LogP contribution in [0.2, 0.25) is 0 Å². The van der Waals surface area contributed by atoms with Crippen LogP contribution in [0.4, 0.5) is 0 Å². The molecule has 0 fully saturated rings. The normalized spacial score (nSPS) is 12.9. The second-order valence-electron chi connectivity index (χ2n) is 6.90. The summed E-state index contributed by atoms with van der Waals surface area (Å²) in [6.45, 7) is 6.15. The van der Waals surface area contributed by atoms with E-state index in [0.29, 0.717) is 18.0 Å². The molecule has 1 N–H and O–H groups in total. The van der Waals surface area contributed by atoms with Gasteiger partial charge in [-0.2, -0.15) is 0 Å². The van der Waals surface area contributed by atoms with Crippen LogP contribution in [0, 0.1) is 13.8 Å². The van der Waals surface area contributed by atoms with Gasteiger partial charge in [0, 0.05) is 6.54 Å². The SMILES string of the molecule is Cc1ccc(C)c(OCCC(=O)O[C@H](C)C(=O)NCc2ccc3c(c2)OCO3)c1. The molecule has 1 atom stereocenters. The molecule has 0 aromatic heterocycles. The number of aryl methyl sites for hydroxylation is 2. The predicted octanol–water partition coefficient (Wildman–Crippen LogP) is 3.05. The van der Waals surface area contributed by atoms with Gasteiger partial charge in [-0.3, -0.25) is 9.59 Å². The van der Waals surface area contributed by atoms with Gasteiger partial charge < -0.3 is 24.3 Å². The van der Waals surface area contributed by atoms with Crippen LogP contribution in [0.15, 0.2) is 36.4 Å². The number of ether oxygens (including phenoxy) is 4. The topological polar surface area (TPSA) is 83.1 Å². The Bertz CT molecular complexity index is 895. The Kier molecular flexibility index (Phi) is 6.59. The number of benzene rings is 2. The van der Waals surface area contributed by atoms with Gasteiger partial charge in [-0.1, -0.05) is 18.2 Å². The van der Waals surface area contributed by atoms with Crippen molar-refractivity contribution in [3.05, 3.63) is 53.1 Å². The van der Waals surface area contributed by atoms with Crippen molar-refractivity contribution in [3.8, 4) is 17.2 Å². The van der Waals surface area contributed by atoms with Crippen molar-refractivity contribution in [1.82, 2.24) is 5.32 Å². The Balaban J connectivity index is 1.39. The van der Waals surface area contributed by atoms with E-state index in [1.165, 1.54) is 0 Å². The van der Waals surface area contributed by atoms with E-state index in [1.54, 1.807) is 13.0 Å². The number of carbonyl (C=O) groups is 2. The van der Waals surface area contributed by atoms with E-state index in [-0.39, 0.29) is 25.7 Å². The van der Waals surface area contributed by atoms with Gasteiger partial charge in [0.1, 0.15) is 5.75 Å². The smallest absolute Gasteiger partial charge is 0.310 e. The predicted molar refractivity (Wildman–Crippen MR) is 106 cm³/mol. The highest BCUT2D eigenvalue weighted by atomic mass is 16.7. The number of fused-ring (bicyclic) bond motifs is 1. The summed E-state index contributed by atoms with van der Waals surface area (Å²) in [4.78, 5) is 24.2. The summed E-state index contributed by atoms with van der Waals surface area (Å²) in [6.07, 6.45) is -0.829. The van der Waals surface area contributed by atoms with Crippen molar-refractivity contribution in [2.75, 3.05) is 13.4 Å². The van der Waals surface area contributed by atoms with Gasteiger partial charge in [-0.05, 0) is 55.7 Å². The molecule has 2 aromatic carbocycles. The molecule has 3 rings (SSSR count). The van der Waals surface area contributed by atoms with E-state index >= 15 is 0 Å². The Morgan fingerprint density at radius 1 is 1.10 bits per heavy atom. The molecule has 0 aliphatic carbocycles. The van der Waals surface area contributed by atoms with Gasteiger partial charge in [0.05, 0.1) is 13.0 Å². The van der Waals surface area contributed by atoms with Crippen molar-refractivity contribution in [3.63, 3.8) is 0 Å². The molecule has 0 saturated carbocycles. The fourth-order valence-electron chi connectivity index (χ4n) is 2.80. The second-order valence-corrected chi connectivity index (χ2v) is 6.90. The van der Waals surface area contributed by atoms with Crippen LogP contribution in [-0.2, 0) is 20.9 Å². The summed E-state index contributed by atoms with van der Waals surface area (Å²) in [7, 11) is 0. The van der Waals surface area contributed by atoms with E-state index in [1.807, 2.05) is 44.2 Å². The molecule has 2 aromatic rings. The third-order valence-electron chi connectivity index (χ3n) is 4.49. The molecular weight excluding hydrogens is 374 g/mol. The summed E-state index contributed by atoms with van der Waals surface area (Å²) in [5.41, 5.74) is 2.95. The molecule has 1 aliphatic rings. The first-order chi connectivity index (χ1) is 13.9. The van der Waals surface area contributed by atoms with Crippen LogP contribution in [0.5, 0.6) is 17.2 Å². The zero-order valence-electron chi connectivity index (χ0n) is 16.8.